The minimum Gasteiger partial charge on any atom is -0.396 e. The van der Waals surface area contributed by atoms with Crippen LogP contribution in [0, 0.1) is 11.3 Å². The van der Waals surface area contributed by atoms with Crippen LogP contribution in [0.2, 0.25) is 0 Å². The fraction of sp³-hybridized carbons (Fsp3) is 0.412. The molecule has 2 N–H and O–H groups in total. The Balaban J connectivity index is 2.58. The van der Waals surface area contributed by atoms with Crippen molar-refractivity contribution in [2.45, 2.75) is 39.2 Å². The van der Waals surface area contributed by atoms with E-state index >= 15 is 0 Å². The van der Waals surface area contributed by atoms with E-state index in [1.165, 1.54) is 0 Å². The maximum Gasteiger partial charge on any atom is 0.328 e. The van der Waals surface area contributed by atoms with Crippen molar-refractivity contribution in [3.8, 4) is 17.3 Å². The van der Waals surface area contributed by atoms with Crippen molar-refractivity contribution in [2.24, 2.45) is 0 Å². The monoisotopic (exact) mass is 328 g/mol. The topological polar surface area (TPSA) is 112 Å². The molecule has 7 heteroatoms. The second-order valence-electron chi connectivity index (χ2n) is 6.51. The van der Waals surface area contributed by atoms with E-state index in [0.29, 0.717) is 5.56 Å². The summed E-state index contributed by atoms with van der Waals surface area (Å²) < 4.78 is 0.926. The van der Waals surface area contributed by atoms with Gasteiger partial charge in [0.2, 0.25) is 0 Å². The van der Waals surface area contributed by atoms with Crippen LogP contribution in [-0.4, -0.2) is 26.2 Å². The highest BCUT2D eigenvalue weighted by atomic mass is 16.3. The van der Waals surface area contributed by atoms with Gasteiger partial charge in [-0.15, -0.1) is 0 Å². The minimum atomic E-state index is -0.662. The van der Waals surface area contributed by atoms with Gasteiger partial charge in [-0.05, 0) is 18.6 Å². The summed E-state index contributed by atoms with van der Waals surface area (Å²) in [5.41, 5.74) is -0.00511. The van der Waals surface area contributed by atoms with Gasteiger partial charge in [0.15, 0.2) is 0 Å². The number of nitrogens with zero attached hydrogens (tertiary/aromatic N) is 3. The molecule has 0 spiro atoms. The summed E-state index contributed by atoms with van der Waals surface area (Å²) in [6.07, 6.45) is 1.80. The summed E-state index contributed by atoms with van der Waals surface area (Å²) >= 11 is 0. The normalized spacial score (nSPS) is 11.3. The number of aromatic amines is 1. The molecule has 0 saturated carbocycles. The van der Waals surface area contributed by atoms with Crippen LogP contribution >= 0.6 is 0 Å². The molecule has 0 radical (unpaired) electrons. The van der Waals surface area contributed by atoms with Crippen molar-refractivity contribution in [3.05, 3.63) is 50.4 Å². The van der Waals surface area contributed by atoms with Gasteiger partial charge < -0.3 is 10.1 Å². The molecule has 126 valence electrons. The van der Waals surface area contributed by atoms with Gasteiger partial charge in [-0.1, -0.05) is 20.8 Å². The average Bonchev–Trinajstić information content (AvgIpc) is 2.53. The van der Waals surface area contributed by atoms with E-state index < -0.39 is 11.2 Å². The summed E-state index contributed by atoms with van der Waals surface area (Å²) in [6.45, 7) is 5.99. The first-order chi connectivity index (χ1) is 11.3. The number of rotatable bonds is 4. The van der Waals surface area contributed by atoms with Gasteiger partial charge in [-0.2, -0.15) is 5.26 Å². The zero-order valence-electron chi connectivity index (χ0n) is 14.0. The van der Waals surface area contributed by atoms with Crippen molar-refractivity contribution >= 4 is 0 Å². The Kier molecular flexibility index (Phi) is 5.00. The number of aliphatic hydroxyl groups is 1. The standard InChI is InChI=1S/C17H20N4O3/c1-17(2,3)13-6-5-11(10-19-13)14-12(9-18)15(23)21(7-4-8-22)16(24)20-14/h5-6,10,22H,4,7-8H2,1-3H3,(H,20,24). The third-order valence-electron chi connectivity index (χ3n) is 3.66. The summed E-state index contributed by atoms with van der Waals surface area (Å²) in [5.74, 6) is 0. The van der Waals surface area contributed by atoms with Gasteiger partial charge in [-0.3, -0.25) is 14.3 Å². The highest BCUT2D eigenvalue weighted by molar-refractivity contribution is 5.64. The fourth-order valence-electron chi connectivity index (χ4n) is 2.31. The van der Waals surface area contributed by atoms with Crippen LogP contribution in [0.3, 0.4) is 0 Å². The SMILES string of the molecule is CC(C)(C)c1ccc(-c2[nH]c(=O)n(CCCO)c(=O)c2C#N)cn1. The van der Waals surface area contributed by atoms with Crippen LogP contribution in [0.5, 0.6) is 0 Å². The smallest absolute Gasteiger partial charge is 0.328 e. The van der Waals surface area contributed by atoms with Gasteiger partial charge in [0.25, 0.3) is 5.56 Å². The summed E-state index contributed by atoms with van der Waals surface area (Å²) in [7, 11) is 0. The average molecular weight is 328 g/mol. The number of nitriles is 1. The van der Waals surface area contributed by atoms with Crippen LogP contribution < -0.4 is 11.2 Å². The predicted octanol–water partition coefficient (Wildman–Crippen LogP) is 1.15. The predicted molar refractivity (Wildman–Crippen MR) is 89.7 cm³/mol. The molecule has 0 amide bonds. The largest absolute Gasteiger partial charge is 0.396 e. The van der Waals surface area contributed by atoms with Crippen LogP contribution in [-0.2, 0) is 12.0 Å². The molecule has 7 nitrogen and oxygen atoms in total. The van der Waals surface area contributed by atoms with Gasteiger partial charge in [0.05, 0.1) is 5.69 Å². The molecule has 0 aliphatic heterocycles. The molecule has 0 aliphatic carbocycles. The molecular weight excluding hydrogens is 308 g/mol. The van der Waals surface area contributed by atoms with E-state index in [0.717, 1.165) is 10.3 Å². The van der Waals surface area contributed by atoms with Gasteiger partial charge in [0, 0.05) is 36.0 Å². The van der Waals surface area contributed by atoms with Gasteiger partial charge >= 0.3 is 5.69 Å². The molecule has 2 aromatic rings. The van der Waals surface area contributed by atoms with Crippen LogP contribution in [0.1, 0.15) is 38.4 Å². The maximum atomic E-state index is 12.4. The first-order valence-corrected chi connectivity index (χ1v) is 7.64. The Bertz CT molecular complexity index is 881. The van der Waals surface area contributed by atoms with Crippen molar-refractivity contribution in [3.63, 3.8) is 0 Å². The summed E-state index contributed by atoms with van der Waals surface area (Å²) in [4.78, 5) is 31.4. The zero-order valence-corrected chi connectivity index (χ0v) is 14.0. The minimum absolute atomic E-state index is 0.0564. The van der Waals surface area contributed by atoms with Crippen molar-refractivity contribution in [1.29, 1.82) is 5.26 Å². The molecular formula is C17H20N4O3. The number of nitrogens with one attached hydrogen (secondary N) is 1. The number of aliphatic hydroxyl groups excluding tert-OH is 1. The lowest BCUT2D eigenvalue weighted by Gasteiger charge is -2.17. The maximum absolute atomic E-state index is 12.4. The van der Waals surface area contributed by atoms with Crippen molar-refractivity contribution in [1.82, 2.24) is 14.5 Å². The molecule has 24 heavy (non-hydrogen) atoms. The molecule has 0 unspecified atom stereocenters. The van der Waals surface area contributed by atoms with E-state index in [9.17, 15) is 14.9 Å². The molecule has 0 aliphatic rings. The number of hydrogen-bond acceptors (Lipinski definition) is 5. The molecule has 2 rings (SSSR count). The Morgan fingerprint density at radius 1 is 1.33 bits per heavy atom. The molecule has 0 aromatic carbocycles. The molecule has 0 bridgehead atoms. The quantitative estimate of drug-likeness (QED) is 0.874. The third kappa shape index (κ3) is 3.44. The highest BCUT2D eigenvalue weighted by Gasteiger charge is 2.18. The van der Waals surface area contributed by atoms with Crippen LogP contribution in [0.25, 0.3) is 11.3 Å². The van der Waals surface area contributed by atoms with Crippen LogP contribution in [0.15, 0.2) is 27.9 Å². The van der Waals surface area contributed by atoms with Crippen molar-refractivity contribution < 1.29 is 5.11 Å². The van der Waals surface area contributed by atoms with E-state index in [4.69, 9.17) is 5.11 Å². The Labute approximate surface area is 139 Å². The first-order valence-electron chi connectivity index (χ1n) is 7.64. The lowest BCUT2D eigenvalue weighted by molar-refractivity contribution is 0.278. The van der Waals surface area contributed by atoms with E-state index in [1.54, 1.807) is 12.3 Å². The van der Waals surface area contributed by atoms with Gasteiger partial charge in [-0.25, -0.2) is 4.79 Å². The molecule has 0 atom stereocenters. The Morgan fingerprint density at radius 3 is 2.54 bits per heavy atom. The number of hydrogen-bond donors (Lipinski definition) is 2. The van der Waals surface area contributed by atoms with Crippen molar-refractivity contribution in [2.75, 3.05) is 6.61 Å². The van der Waals surface area contributed by atoms with E-state index in [-0.39, 0.29) is 36.2 Å². The first kappa shape index (κ1) is 17.6. The number of pyridine rings is 1. The second-order valence-corrected chi connectivity index (χ2v) is 6.51. The number of H-pyrrole nitrogens is 1. The molecule has 0 fully saturated rings. The molecule has 2 heterocycles. The van der Waals surface area contributed by atoms with E-state index in [2.05, 4.69) is 9.97 Å². The van der Waals surface area contributed by atoms with Gasteiger partial charge in [0.1, 0.15) is 11.6 Å². The highest BCUT2D eigenvalue weighted by Crippen LogP contribution is 2.23. The zero-order chi connectivity index (χ0) is 17.9. The fourth-order valence-corrected chi connectivity index (χ4v) is 2.31. The third-order valence-corrected chi connectivity index (χ3v) is 3.66. The Hall–Kier alpha value is -2.72. The van der Waals surface area contributed by atoms with Crippen LogP contribution in [0.4, 0.5) is 0 Å². The lowest BCUT2D eigenvalue weighted by atomic mass is 9.91. The molecule has 0 saturated heterocycles. The molecule has 2 aromatic heterocycles. The number of aromatic nitrogens is 3. The lowest BCUT2D eigenvalue weighted by Crippen LogP contribution is -2.37. The second kappa shape index (κ2) is 6.81. The van der Waals surface area contributed by atoms with E-state index in [1.807, 2.05) is 32.9 Å². The summed E-state index contributed by atoms with van der Waals surface area (Å²) in [5, 5.41) is 18.2. The summed E-state index contributed by atoms with van der Waals surface area (Å²) in [6, 6.07) is 5.40. The Morgan fingerprint density at radius 2 is 2.04 bits per heavy atom.